The van der Waals surface area contributed by atoms with Crippen LogP contribution in [0.1, 0.15) is 40.5 Å². The van der Waals surface area contributed by atoms with Gasteiger partial charge in [-0.2, -0.15) is 0 Å². The van der Waals surface area contributed by atoms with Crippen molar-refractivity contribution in [1.82, 2.24) is 0 Å². The van der Waals surface area contributed by atoms with Crippen LogP contribution >= 0.6 is 15.9 Å². The van der Waals surface area contributed by atoms with Gasteiger partial charge in [0.1, 0.15) is 0 Å². The molecule has 2 N–H and O–H groups in total. The van der Waals surface area contributed by atoms with E-state index in [1.165, 1.54) is 6.42 Å². The Morgan fingerprint density at radius 3 is 1.92 bits per heavy atom. The van der Waals surface area contributed by atoms with Crippen molar-refractivity contribution in [3.05, 3.63) is 0 Å². The van der Waals surface area contributed by atoms with E-state index in [4.69, 9.17) is 5.73 Å². The zero-order chi connectivity index (χ0) is 9.83. The molecule has 0 saturated carbocycles. The number of hydrogen-bond acceptors (Lipinski definition) is 1. The molecule has 0 bridgehead atoms. The standard InChI is InChI=1S/C10H22BrN/c1-9(2,5-6-12)7-10(3,4)8-11/h5-8,12H2,1-4H3. The summed E-state index contributed by atoms with van der Waals surface area (Å²) in [5, 5.41) is 1.06. The normalized spacial score (nSPS) is 13.5. The molecule has 0 aliphatic carbocycles. The zero-order valence-electron chi connectivity index (χ0n) is 8.78. The van der Waals surface area contributed by atoms with Gasteiger partial charge in [-0.05, 0) is 30.2 Å². The first-order chi connectivity index (χ1) is 5.33. The van der Waals surface area contributed by atoms with Crippen LogP contribution in [0.4, 0.5) is 0 Å². The summed E-state index contributed by atoms with van der Waals surface area (Å²) in [7, 11) is 0. The molecular formula is C10H22BrN. The molecule has 0 radical (unpaired) electrons. The molecule has 0 unspecified atom stereocenters. The fourth-order valence-corrected chi connectivity index (χ4v) is 2.02. The van der Waals surface area contributed by atoms with E-state index < -0.39 is 0 Å². The molecule has 0 aromatic heterocycles. The number of rotatable bonds is 5. The molecule has 0 aliphatic heterocycles. The maximum Gasteiger partial charge on any atom is 0.00828 e. The minimum absolute atomic E-state index is 0.381. The maximum absolute atomic E-state index is 5.56. The van der Waals surface area contributed by atoms with E-state index in [1.807, 2.05) is 0 Å². The molecule has 0 aromatic carbocycles. The maximum atomic E-state index is 5.56. The lowest BCUT2D eigenvalue weighted by atomic mass is 9.74. The van der Waals surface area contributed by atoms with Gasteiger partial charge in [0.05, 0.1) is 0 Å². The van der Waals surface area contributed by atoms with Gasteiger partial charge < -0.3 is 5.73 Å². The van der Waals surface area contributed by atoms with E-state index in [9.17, 15) is 0 Å². The monoisotopic (exact) mass is 235 g/mol. The van der Waals surface area contributed by atoms with Gasteiger partial charge in [-0.25, -0.2) is 0 Å². The van der Waals surface area contributed by atoms with Crippen molar-refractivity contribution in [2.24, 2.45) is 16.6 Å². The summed E-state index contributed by atoms with van der Waals surface area (Å²) < 4.78 is 0. The van der Waals surface area contributed by atoms with Crippen LogP contribution in [0.5, 0.6) is 0 Å². The third-order valence-corrected chi connectivity index (χ3v) is 3.66. The van der Waals surface area contributed by atoms with Crippen molar-refractivity contribution < 1.29 is 0 Å². The summed E-state index contributed by atoms with van der Waals surface area (Å²) >= 11 is 3.54. The van der Waals surface area contributed by atoms with Gasteiger partial charge in [0.15, 0.2) is 0 Å². The van der Waals surface area contributed by atoms with Crippen molar-refractivity contribution in [3.63, 3.8) is 0 Å². The van der Waals surface area contributed by atoms with Crippen LogP contribution in [-0.4, -0.2) is 11.9 Å². The molecule has 74 valence electrons. The van der Waals surface area contributed by atoms with Crippen LogP contribution < -0.4 is 5.73 Å². The minimum atomic E-state index is 0.381. The molecule has 0 spiro atoms. The molecule has 0 amide bonds. The molecule has 0 aliphatic rings. The Balaban J connectivity index is 4.04. The highest BCUT2D eigenvalue weighted by molar-refractivity contribution is 9.09. The second-order valence-corrected chi connectivity index (χ2v) is 5.74. The van der Waals surface area contributed by atoms with Crippen molar-refractivity contribution in [2.45, 2.75) is 40.5 Å². The number of alkyl halides is 1. The summed E-state index contributed by atoms with van der Waals surface area (Å²) in [6, 6.07) is 0. The second kappa shape index (κ2) is 4.61. The van der Waals surface area contributed by atoms with E-state index in [2.05, 4.69) is 43.6 Å². The van der Waals surface area contributed by atoms with Crippen molar-refractivity contribution in [3.8, 4) is 0 Å². The fourth-order valence-electron chi connectivity index (χ4n) is 1.82. The van der Waals surface area contributed by atoms with Gasteiger partial charge in [-0.1, -0.05) is 43.6 Å². The highest BCUT2D eigenvalue weighted by Gasteiger charge is 2.27. The third-order valence-electron chi connectivity index (χ3n) is 2.14. The van der Waals surface area contributed by atoms with Crippen LogP contribution in [0.15, 0.2) is 0 Å². The number of hydrogen-bond donors (Lipinski definition) is 1. The highest BCUT2D eigenvalue weighted by Crippen LogP contribution is 2.36. The summed E-state index contributed by atoms with van der Waals surface area (Å²) in [4.78, 5) is 0. The zero-order valence-corrected chi connectivity index (χ0v) is 10.4. The summed E-state index contributed by atoms with van der Waals surface area (Å²) in [5.41, 5.74) is 6.33. The smallest absolute Gasteiger partial charge is 0.00828 e. The molecule has 12 heavy (non-hydrogen) atoms. The Bertz CT molecular complexity index is 130. The van der Waals surface area contributed by atoms with E-state index in [-0.39, 0.29) is 0 Å². The Labute approximate surface area is 85.2 Å². The quantitative estimate of drug-likeness (QED) is 0.729. The largest absolute Gasteiger partial charge is 0.330 e. The topological polar surface area (TPSA) is 26.0 Å². The molecule has 0 heterocycles. The molecule has 1 nitrogen and oxygen atoms in total. The minimum Gasteiger partial charge on any atom is -0.330 e. The van der Waals surface area contributed by atoms with Gasteiger partial charge >= 0.3 is 0 Å². The van der Waals surface area contributed by atoms with Crippen LogP contribution in [0.3, 0.4) is 0 Å². The van der Waals surface area contributed by atoms with Crippen LogP contribution in [0.25, 0.3) is 0 Å². The summed E-state index contributed by atoms with van der Waals surface area (Å²) in [5.74, 6) is 0. The lowest BCUT2D eigenvalue weighted by Crippen LogP contribution is -2.26. The van der Waals surface area contributed by atoms with Crippen molar-refractivity contribution >= 4 is 15.9 Å². The molecule has 0 rings (SSSR count). The van der Waals surface area contributed by atoms with Crippen LogP contribution in [0.2, 0.25) is 0 Å². The average molecular weight is 236 g/mol. The predicted octanol–water partition coefficient (Wildman–Crippen LogP) is 3.17. The molecule has 0 fully saturated rings. The Hall–Kier alpha value is 0.440. The van der Waals surface area contributed by atoms with E-state index in [1.54, 1.807) is 0 Å². The summed E-state index contributed by atoms with van der Waals surface area (Å²) in [6.45, 7) is 9.97. The third kappa shape index (κ3) is 5.15. The van der Waals surface area contributed by atoms with Gasteiger partial charge in [0.2, 0.25) is 0 Å². The second-order valence-electron chi connectivity index (χ2n) is 5.18. The fraction of sp³-hybridized carbons (Fsp3) is 1.00. The molecule has 2 heteroatoms. The van der Waals surface area contributed by atoms with E-state index >= 15 is 0 Å². The van der Waals surface area contributed by atoms with E-state index in [0.717, 1.165) is 18.3 Å². The first kappa shape index (κ1) is 12.4. The number of nitrogens with two attached hydrogens (primary N) is 1. The van der Waals surface area contributed by atoms with Gasteiger partial charge in [-0.3, -0.25) is 0 Å². The van der Waals surface area contributed by atoms with Gasteiger partial charge in [0, 0.05) is 5.33 Å². The Morgan fingerprint density at radius 2 is 1.58 bits per heavy atom. The SMILES string of the molecule is CC(C)(CBr)CC(C)(C)CCN. The van der Waals surface area contributed by atoms with Crippen LogP contribution in [0, 0.1) is 10.8 Å². The highest BCUT2D eigenvalue weighted by atomic mass is 79.9. The van der Waals surface area contributed by atoms with Crippen molar-refractivity contribution in [2.75, 3.05) is 11.9 Å². The number of halogens is 1. The first-order valence-corrected chi connectivity index (χ1v) is 5.71. The lowest BCUT2D eigenvalue weighted by molar-refractivity contribution is 0.207. The van der Waals surface area contributed by atoms with E-state index in [0.29, 0.717) is 10.8 Å². The molecule has 0 aromatic rings. The summed E-state index contributed by atoms with van der Waals surface area (Å²) in [6.07, 6.45) is 2.34. The molecule has 0 atom stereocenters. The molecular weight excluding hydrogens is 214 g/mol. The Morgan fingerprint density at radius 1 is 1.08 bits per heavy atom. The average Bonchev–Trinajstić information content (AvgIpc) is 1.85. The first-order valence-electron chi connectivity index (χ1n) is 4.59. The Kier molecular flexibility index (Phi) is 4.78. The van der Waals surface area contributed by atoms with Gasteiger partial charge in [-0.15, -0.1) is 0 Å². The van der Waals surface area contributed by atoms with Crippen LogP contribution in [-0.2, 0) is 0 Å². The van der Waals surface area contributed by atoms with Crippen molar-refractivity contribution in [1.29, 1.82) is 0 Å². The van der Waals surface area contributed by atoms with Gasteiger partial charge in [0.25, 0.3) is 0 Å². The predicted molar refractivity (Wildman–Crippen MR) is 59.6 cm³/mol. The lowest BCUT2D eigenvalue weighted by Gasteiger charge is -2.33. The molecule has 0 saturated heterocycles.